The maximum absolute atomic E-state index is 2.42. The molecule has 0 atom stereocenters. The molecule has 0 N–H and O–H groups in total. The molecule has 0 aromatic heterocycles. The molecular formula is C36H32. The standard InChI is InChI=1S/C36H32/c1-23-18-28(27-15-14-25-10-6-7-11-26(25)20-27)21-29(19-23)35-32-13-9-8-12-31(32)24(2)34-22-30(36(3,4)5)16-17-33(34)35/h6-22H,1-5H3. The van der Waals surface area contributed by atoms with Crippen molar-refractivity contribution < 1.29 is 0 Å². The minimum Gasteiger partial charge on any atom is -0.0616 e. The Bertz CT molecular complexity index is 1780. The first-order valence-electron chi connectivity index (χ1n) is 12.9. The fourth-order valence-electron chi connectivity index (χ4n) is 5.63. The number of hydrogen-bond acceptors (Lipinski definition) is 0. The summed E-state index contributed by atoms with van der Waals surface area (Å²) in [7, 11) is 0. The van der Waals surface area contributed by atoms with Gasteiger partial charge in [-0.15, -0.1) is 0 Å². The van der Waals surface area contributed by atoms with E-state index < -0.39 is 0 Å². The van der Waals surface area contributed by atoms with Gasteiger partial charge in [0.05, 0.1) is 0 Å². The van der Waals surface area contributed by atoms with Crippen molar-refractivity contribution in [2.75, 3.05) is 0 Å². The molecule has 6 rings (SSSR count). The summed E-state index contributed by atoms with van der Waals surface area (Å²) in [6.07, 6.45) is 0. The maximum atomic E-state index is 2.42. The third-order valence-electron chi connectivity index (χ3n) is 7.61. The highest BCUT2D eigenvalue weighted by Crippen LogP contribution is 2.42. The van der Waals surface area contributed by atoms with Crippen LogP contribution in [0.3, 0.4) is 0 Å². The van der Waals surface area contributed by atoms with Crippen LogP contribution in [0.25, 0.3) is 54.6 Å². The van der Waals surface area contributed by atoms with Gasteiger partial charge in [-0.1, -0.05) is 112 Å². The lowest BCUT2D eigenvalue weighted by Crippen LogP contribution is -2.10. The Morgan fingerprint density at radius 2 is 1.14 bits per heavy atom. The molecular weight excluding hydrogens is 432 g/mol. The molecule has 6 aromatic carbocycles. The zero-order valence-electron chi connectivity index (χ0n) is 21.8. The first-order chi connectivity index (χ1) is 17.3. The average molecular weight is 465 g/mol. The molecule has 0 spiro atoms. The Balaban J connectivity index is 1.65. The SMILES string of the molecule is Cc1cc(-c2ccc3ccccc3c2)cc(-c2c3ccccc3c(C)c3cc(C(C)(C)C)ccc23)c1. The third-order valence-corrected chi connectivity index (χ3v) is 7.61. The van der Waals surface area contributed by atoms with Crippen LogP contribution in [0.4, 0.5) is 0 Å². The molecule has 0 saturated heterocycles. The zero-order valence-corrected chi connectivity index (χ0v) is 21.8. The van der Waals surface area contributed by atoms with Crippen LogP contribution in [0.5, 0.6) is 0 Å². The van der Waals surface area contributed by atoms with E-state index in [1.165, 1.54) is 71.3 Å². The van der Waals surface area contributed by atoms with Crippen LogP contribution in [0.2, 0.25) is 0 Å². The molecule has 36 heavy (non-hydrogen) atoms. The summed E-state index contributed by atoms with van der Waals surface area (Å²) in [6, 6.07) is 38.4. The minimum atomic E-state index is 0.110. The lowest BCUT2D eigenvalue weighted by Gasteiger charge is -2.22. The molecule has 0 saturated carbocycles. The normalized spacial score (nSPS) is 12.0. The molecule has 0 unspecified atom stereocenters. The predicted molar refractivity (Wildman–Crippen MR) is 158 cm³/mol. The van der Waals surface area contributed by atoms with Crippen molar-refractivity contribution in [3.63, 3.8) is 0 Å². The van der Waals surface area contributed by atoms with Crippen molar-refractivity contribution in [3.05, 3.63) is 120 Å². The topological polar surface area (TPSA) is 0 Å². The molecule has 0 heteroatoms. The summed E-state index contributed by atoms with van der Waals surface area (Å²) >= 11 is 0. The van der Waals surface area contributed by atoms with Crippen molar-refractivity contribution >= 4 is 32.3 Å². The summed E-state index contributed by atoms with van der Waals surface area (Å²) in [5, 5.41) is 7.89. The second-order valence-electron chi connectivity index (χ2n) is 11.2. The van der Waals surface area contributed by atoms with Gasteiger partial charge in [0.2, 0.25) is 0 Å². The van der Waals surface area contributed by atoms with Crippen molar-refractivity contribution in [3.8, 4) is 22.3 Å². The van der Waals surface area contributed by atoms with Crippen LogP contribution in [0.1, 0.15) is 37.5 Å². The largest absolute Gasteiger partial charge is 0.0616 e. The quantitative estimate of drug-likeness (QED) is 0.224. The van der Waals surface area contributed by atoms with Crippen molar-refractivity contribution in [2.45, 2.75) is 40.0 Å². The van der Waals surface area contributed by atoms with Crippen molar-refractivity contribution in [1.29, 1.82) is 0 Å². The van der Waals surface area contributed by atoms with Gasteiger partial charge in [0.1, 0.15) is 0 Å². The Kier molecular flexibility index (Phi) is 5.23. The van der Waals surface area contributed by atoms with Gasteiger partial charge in [-0.05, 0) is 103 Å². The van der Waals surface area contributed by atoms with Crippen LogP contribution in [0.15, 0.2) is 103 Å². The van der Waals surface area contributed by atoms with E-state index >= 15 is 0 Å². The fourth-order valence-corrected chi connectivity index (χ4v) is 5.63. The van der Waals surface area contributed by atoms with E-state index in [-0.39, 0.29) is 5.41 Å². The molecule has 0 aliphatic heterocycles. The number of benzene rings is 6. The molecule has 0 amide bonds. The lowest BCUT2D eigenvalue weighted by atomic mass is 9.82. The summed E-state index contributed by atoms with van der Waals surface area (Å²) in [6.45, 7) is 11.4. The highest BCUT2D eigenvalue weighted by Gasteiger charge is 2.18. The van der Waals surface area contributed by atoms with Gasteiger partial charge in [0, 0.05) is 0 Å². The molecule has 0 aliphatic rings. The van der Waals surface area contributed by atoms with Crippen LogP contribution < -0.4 is 0 Å². The van der Waals surface area contributed by atoms with Gasteiger partial charge >= 0.3 is 0 Å². The minimum absolute atomic E-state index is 0.110. The molecule has 6 aromatic rings. The Morgan fingerprint density at radius 3 is 1.92 bits per heavy atom. The van der Waals surface area contributed by atoms with Gasteiger partial charge in [-0.2, -0.15) is 0 Å². The van der Waals surface area contributed by atoms with Crippen molar-refractivity contribution in [2.24, 2.45) is 0 Å². The van der Waals surface area contributed by atoms with E-state index in [0.29, 0.717) is 0 Å². The Hall–Kier alpha value is -3.90. The molecule has 0 radical (unpaired) electrons. The molecule has 0 bridgehead atoms. The third kappa shape index (κ3) is 3.78. The number of hydrogen-bond donors (Lipinski definition) is 0. The van der Waals surface area contributed by atoms with E-state index in [4.69, 9.17) is 0 Å². The summed E-state index contributed by atoms with van der Waals surface area (Å²) in [4.78, 5) is 0. The van der Waals surface area contributed by atoms with Crippen LogP contribution in [-0.4, -0.2) is 0 Å². The van der Waals surface area contributed by atoms with Gasteiger partial charge in [-0.25, -0.2) is 0 Å². The molecule has 0 nitrogen and oxygen atoms in total. The van der Waals surface area contributed by atoms with Crippen LogP contribution >= 0.6 is 0 Å². The van der Waals surface area contributed by atoms with Gasteiger partial charge < -0.3 is 0 Å². The predicted octanol–water partition coefficient (Wildman–Crippen LogP) is 10.4. The van der Waals surface area contributed by atoms with Crippen LogP contribution in [0, 0.1) is 13.8 Å². The first kappa shape index (κ1) is 22.6. The number of rotatable bonds is 2. The second kappa shape index (κ2) is 8.35. The van der Waals surface area contributed by atoms with Gasteiger partial charge in [0.15, 0.2) is 0 Å². The van der Waals surface area contributed by atoms with Crippen LogP contribution in [-0.2, 0) is 5.41 Å². The van der Waals surface area contributed by atoms with Crippen molar-refractivity contribution in [1.82, 2.24) is 0 Å². The van der Waals surface area contributed by atoms with E-state index in [1.807, 2.05) is 0 Å². The number of fused-ring (bicyclic) bond motifs is 3. The molecule has 0 aliphatic carbocycles. The van der Waals surface area contributed by atoms with E-state index in [0.717, 1.165) is 0 Å². The molecule has 0 fully saturated rings. The lowest BCUT2D eigenvalue weighted by molar-refractivity contribution is 0.591. The monoisotopic (exact) mass is 464 g/mol. The Morgan fingerprint density at radius 1 is 0.472 bits per heavy atom. The highest BCUT2D eigenvalue weighted by molar-refractivity contribution is 6.15. The first-order valence-corrected chi connectivity index (χ1v) is 12.9. The molecule has 0 heterocycles. The second-order valence-corrected chi connectivity index (χ2v) is 11.2. The number of aryl methyl sites for hydroxylation is 2. The average Bonchev–Trinajstić information content (AvgIpc) is 2.87. The van der Waals surface area contributed by atoms with E-state index in [9.17, 15) is 0 Å². The smallest absolute Gasteiger partial charge is 0.00263 e. The summed E-state index contributed by atoms with van der Waals surface area (Å²) in [5.74, 6) is 0. The van der Waals surface area contributed by atoms with Gasteiger partial charge in [-0.3, -0.25) is 0 Å². The Labute approximate surface area is 214 Å². The highest BCUT2D eigenvalue weighted by atomic mass is 14.2. The van der Waals surface area contributed by atoms with Gasteiger partial charge in [0.25, 0.3) is 0 Å². The zero-order chi connectivity index (χ0) is 25.0. The van der Waals surface area contributed by atoms with E-state index in [2.05, 4.69) is 138 Å². The molecule has 176 valence electrons. The summed E-state index contributed by atoms with van der Waals surface area (Å²) < 4.78 is 0. The maximum Gasteiger partial charge on any atom is -0.00263 e. The summed E-state index contributed by atoms with van der Waals surface area (Å²) in [5.41, 5.74) is 9.26. The fraction of sp³-hybridized carbons (Fsp3) is 0.167. The van der Waals surface area contributed by atoms with E-state index in [1.54, 1.807) is 0 Å².